The van der Waals surface area contributed by atoms with Crippen LogP contribution in [0.5, 0.6) is 5.75 Å². The van der Waals surface area contributed by atoms with Gasteiger partial charge in [-0.15, -0.1) is 0 Å². The number of nitrogens with two attached hydrogens (primary N) is 1. The van der Waals surface area contributed by atoms with Crippen molar-refractivity contribution in [3.8, 4) is 5.75 Å². The van der Waals surface area contributed by atoms with Gasteiger partial charge in [0.2, 0.25) is 0 Å². The number of aliphatic hydroxyl groups excluding tert-OH is 1. The molecule has 0 fully saturated rings. The second kappa shape index (κ2) is 7.27. The third-order valence-electron chi connectivity index (χ3n) is 3.45. The van der Waals surface area contributed by atoms with Gasteiger partial charge in [-0.05, 0) is 29.8 Å². The minimum absolute atomic E-state index is 0.215. The normalized spacial score (nSPS) is 13.8. The molecule has 0 heterocycles. The topological polar surface area (TPSA) is 55.5 Å². The summed E-state index contributed by atoms with van der Waals surface area (Å²) in [6.45, 7) is 0.328. The van der Waals surface area contributed by atoms with Crippen molar-refractivity contribution >= 4 is 27.5 Å². The highest BCUT2D eigenvalue weighted by atomic mass is 79.9. The Morgan fingerprint density at radius 3 is 2.48 bits per heavy atom. The number of methoxy groups -OCH3 is 1. The highest BCUT2D eigenvalue weighted by molar-refractivity contribution is 9.10. The van der Waals surface area contributed by atoms with E-state index >= 15 is 0 Å². The molecule has 2 atom stereocenters. The molecular formula is C16H17BrClNO2. The SMILES string of the molecule is COc1cc(Cl)ccc1C(O)C(CN)c1ccc(Br)cc1. The Hall–Kier alpha value is -1.07. The third-order valence-corrected chi connectivity index (χ3v) is 4.21. The summed E-state index contributed by atoms with van der Waals surface area (Å²) in [4.78, 5) is 0. The fourth-order valence-corrected chi connectivity index (χ4v) is 2.73. The van der Waals surface area contributed by atoms with Crippen molar-refractivity contribution in [3.05, 3.63) is 63.1 Å². The van der Waals surface area contributed by atoms with E-state index in [1.165, 1.54) is 0 Å². The molecule has 0 saturated carbocycles. The van der Waals surface area contributed by atoms with E-state index in [1.807, 2.05) is 24.3 Å². The number of ether oxygens (including phenoxy) is 1. The maximum atomic E-state index is 10.7. The minimum Gasteiger partial charge on any atom is -0.496 e. The van der Waals surface area contributed by atoms with Gasteiger partial charge in [0, 0.05) is 27.5 Å². The summed E-state index contributed by atoms with van der Waals surface area (Å²) < 4.78 is 6.29. The van der Waals surface area contributed by atoms with Crippen molar-refractivity contribution < 1.29 is 9.84 Å². The Morgan fingerprint density at radius 1 is 1.24 bits per heavy atom. The molecule has 0 aliphatic carbocycles. The van der Waals surface area contributed by atoms with Gasteiger partial charge in [-0.1, -0.05) is 45.7 Å². The number of aliphatic hydroxyl groups is 1. The highest BCUT2D eigenvalue weighted by Gasteiger charge is 2.24. The molecule has 2 aromatic rings. The number of rotatable bonds is 5. The number of hydrogen-bond donors (Lipinski definition) is 2. The largest absolute Gasteiger partial charge is 0.496 e. The van der Waals surface area contributed by atoms with Crippen LogP contribution in [0.25, 0.3) is 0 Å². The molecule has 0 amide bonds. The van der Waals surface area contributed by atoms with E-state index in [2.05, 4.69) is 15.9 Å². The molecule has 0 aliphatic rings. The summed E-state index contributed by atoms with van der Waals surface area (Å²) in [5, 5.41) is 11.3. The fraction of sp³-hybridized carbons (Fsp3) is 0.250. The molecule has 3 N–H and O–H groups in total. The van der Waals surface area contributed by atoms with Crippen LogP contribution in [0.15, 0.2) is 46.9 Å². The van der Waals surface area contributed by atoms with Gasteiger partial charge < -0.3 is 15.6 Å². The predicted molar refractivity (Wildman–Crippen MR) is 88.9 cm³/mol. The second-order valence-corrected chi connectivity index (χ2v) is 6.08. The van der Waals surface area contributed by atoms with Crippen molar-refractivity contribution in [2.75, 3.05) is 13.7 Å². The van der Waals surface area contributed by atoms with Gasteiger partial charge in [0.25, 0.3) is 0 Å². The van der Waals surface area contributed by atoms with E-state index in [0.29, 0.717) is 22.9 Å². The van der Waals surface area contributed by atoms with Crippen LogP contribution in [-0.2, 0) is 0 Å². The Labute approximate surface area is 137 Å². The van der Waals surface area contributed by atoms with Crippen LogP contribution in [0.2, 0.25) is 5.02 Å². The van der Waals surface area contributed by atoms with Crippen LogP contribution in [0.3, 0.4) is 0 Å². The highest BCUT2D eigenvalue weighted by Crippen LogP contribution is 2.36. The Balaban J connectivity index is 2.36. The van der Waals surface area contributed by atoms with Crippen LogP contribution < -0.4 is 10.5 Å². The van der Waals surface area contributed by atoms with Crippen molar-refractivity contribution in [1.29, 1.82) is 0 Å². The van der Waals surface area contributed by atoms with Crippen molar-refractivity contribution in [1.82, 2.24) is 0 Å². The monoisotopic (exact) mass is 369 g/mol. The summed E-state index contributed by atoms with van der Waals surface area (Å²) in [7, 11) is 1.55. The van der Waals surface area contributed by atoms with Crippen molar-refractivity contribution in [2.45, 2.75) is 12.0 Å². The zero-order valence-corrected chi connectivity index (χ0v) is 13.9. The van der Waals surface area contributed by atoms with Gasteiger partial charge in [-0.3, -0.25) is 0 Å². The summed E-state index contributed by atoms with van der Waals surface area (Å²) in [6, 6.07) is 13.0. The van der Waals surface area contributed by atoms with E-state index < -0.39 is 6.10 Å². The maximum absolute atomic E-state index is 10.7. The molecule has 21 heavy (non-hydrogen) atoms. The number of halogens is 2. The van der Waals surface area contributed by atoms with Gasteiger partial charge in [-0.2, -0.15) is 0 Å². The molecule has 0 bridgehead atoms. The molecular weight excluding hydrogens is 354 g/mol. The summed E-state index contributed by atoms with van der Waals surface area (Å²) in [5.41, 5.74) is 7.52. The second-order valence-electron chi connectivity index (χ2n) is 4.72. The maximum Gasteiger partial charge on any atom is 0.126 e. The quantitative estimate of drug-likeness (QED) is 0.839. The first-order chi connectivity index (χ1) is 10.1. The molecule has 0 aromatic heterocycles. The van der Waals surface area contributed by atoms with E-state index in [1.54, 1.807) is 25.3 Å². The van der Waals surface area contributed by atoms with E-state index in [0.717, 1.165) is 10.0 Å². The first-order valence-electron chi connectivity index (χ1n) is 6.54. The zero-order chi connectivity index (χ0) is 15.4. The lowest BCUT2D eigenvalue weighted by Gasteiger charge is -2.24. The van der Waals surface area contributed by atoms with Gasteiger partial charge in [0.05, 0.1) is 13.2 Å². The molecule has 3 nitrogen and oxygen atoms in total. The standard InChI is InChI=1S/C16H17BrClNO2/c1-21-15-8-12(18)6-7-13(15)16(20)14(9-19)10-2-4-11(17)5-3-10/h2-8,14,16,20H,9,19H2,1H3. The summed E-state index contributed by atoms with van der Waals surface area (Å²) in [6.07, 6.45) is -0.761. The average Bonchev–Trinajstić information content (AvgIpc) is 2.49. The van der Waals surface area contributed by atoms with Crippen molar-refractivity contribution in [2.24, 2.45) is 5.73 Å². The van der Waals surface area contributed by atoms with Gasteiger partial charge >= 0.3 is 0 Å². The molecule has 0 aliphatic heterocycles. The lowest BCUT2D eigenvalue weighted by molar-refractivity contribution is 0.144. The minimum atomic E-state index is -0.761. The molecule has 112 valence electrons. The molecule has 0 spiro atoms. The zero-order valence-electron chi connectivity index (χ0n) is 11.6. The van der Waals surface area contributed by atoms with E-state index in [4.69, 9.17) is 22.1 Å². The van der Waals surface area contributed by atoms with Gasteiger partial charge in [-0.25, -0.2) is 0 Å². The Morgan fingerprint density at radius 2 is 1.90 bits per heavy atom. The molecule has 2 aromatic carbocycles. The van der Waals surface area contributed by atoms with Crippen LogP contribution in [0, 0.1) is 0 Å². The van der Waals surface area contributed by atoms with Crippen molar-refractivity contribution in [3.63, 3.8) is 0 Å². The van der Waals surface area contributed by atoms with Crippen LogP contribution in [0.4, 0.5) is 0 Å². The van der Waals surface area contributed by atoms with E-state index in [9.17, 15) is 5.11 Å². The molecule has 5 heteroatoms. The molecule has 2 rings (SSSR count). The molecule has 2 unspecified atom stereocenters. The lowest BCUT2D eigenvalue weighted by Crippen LogP contribution is -2.20. The summed E-state index contributed by atoms with van der Waals surface area (Å²) >= 11 is 9.36. The average molecular weight is 371 g/mol. The molecule has 0 radical (unpaired) electrons. The smallest absolute Gasteiger partial charge is 0.126 e. The van der Waals surface area contributed by atoms with Gasteiger partial charge in [0.1, 0.15) is 5.75 Å². The first-order valence-corrected chi connectivity index (χ1v) is 7.71. The Bertz CT molecular complexity index is 604. The van der Waals surface area contributed by atoms with Crippen LogP contribution in [-0.4, -0.2) is 18.8 Å². The van der Waals surface area contributed by atoms with Gasteiger partial charge in [0.15, 0.2) is 0 Å². The molecule has 0 saturated heterocycles. The first kappa shape index (κ1) is 16.3. The number of benzene rings is 2. The predicted octanol–water partition coefficient (Wildman–Crippen LogP) is 3.89. The Kier molecular flexibility index (Phi) is 5.65. The van der Waals surface area contributed by atoms with Crippen LogP contribution >= 0.6 is 27.5 Å². The number of hydrogen-bond acceptors (Lipinski definition) is 3. The lowest BCUT2D eigenvalue weighted by atomic mass is 9.89. The van der Waals surface area contributed by atoms with Crippen LogP contribution in [0.1, 0.15) is 23.1 Å². The third kappa shape index (κ3) is 3.77. The fourth-order valence-electron chi connectivity index (χ4n) is 2.30. The summed E-state index contributed by atoms with van der Waals surface area (Å²) in [5.74, 6) is 0.346. The van der Waals surface area contributed by atoms with E-state index in [-0.39, 0.29) is 5.92 Å².